The van der Waals surface area contributed by atoms with Gasteiger partial charge < -0.3 is 24.8 Å². The zero-order chi connectivity index (χ0) is 14.3. The lowest BCUT2D eigenvalue weighted by Gasteiger charge is -2.28. The van der Waals surface area contributed by atoms with E-state index in [1.807, 2.05) is 11.8 Å². The molecule has 0 fully saturated rings. The van der Waals surface area contributed by atoms with Gasteiger partial charge in [-0.05, 0) is 6.92 Å². The van der Waals surface area contributed by atoms with Gasteiger partial charge in [-0.1, -0.05) is 0 Å². The normalized spacial score (nSPS) is 12.2. The minimum absolute atomic E-state index is 0.0756. The summed E-state index contributed by atoms with van der Waals surface area (Å²) in [5.41, 5.74) is 5.64. The lowest BCUT2D eigenvalue weighted by Crippen LogP contribution is -2.40. The molecule has 1 heterocycles. The molecule has 8 nitrogen and oxygen atoms in total. The van der Waals surface area contributed by atoms with Crippen LogP contribution >= 0.6 is 0 Å². The maximum Gasteiger partial charge on any atom is 0.322 e. The molecule has 108 valence electrons. The van der Waals surface area contributed by atoms with Crippen molar-refractivity contribution in [3.05, 3.63) is 0 Å². The van der Waals surface area contributed by atoms with Crippen molar-refractivity contribution in [2.24, 2.45) is 0 Å². The molecule has 0 aliphatic carbocycles. The fourth-order valence-corrected chi connectivity index (χ4v) is 1.62. The molecule has 19 heavy (non-hydrogen) atoms. The van der Waals surface area contributed by atoms with Crippen LogP contribution in [0.1, 0.15) is 6.92 Å². The van der Waals surface area contributed by atoms with Gasteiger partial charge in [-0.25, -0.2) is 0 Å². The molecule has 0 aliphatic heterocycles. The molecule has 1 unspecified atom stereocenters. The fourth-order valence-electron chi connectivity index (χ4n) is 1.62. The second kappa shape index (κ2) is 7.70. The van der Waals surface area contributed by atoms with Crippen molar-refractivity contribution in [3.8, 4) is 6.01 Å². The Bertz CT molecular complexity index is 391. The third kappa shape index (κ3) is 4.49. The average molecular weight is 271 g/mol. The van der Waals surface area contributed by atoms with E-state index in [1.54, 1.807) is 14.2 Å². The molecule has 0 aliphatic rings. The predicted octanol–water partition coefficient (Wildman–Crippen LogP) is -0.0499. The molecular formula is C11H21N5O3. The van der Waals surface area contributed by atoms with Crippen LogP contribution in [-0.4, -0.2) is 62.1 Å². The van der Waals surface area contributed by atoms with Crippen LogP contribution in [0.25, 0.3) is 0 Å². The van der Waals surface area contributed by atoms with Gasteiger partial charge in [-0.15, -0.1) is 0 Å². The number of nitrogen functional groups attached to an aromatic ring is 1. The molecule has 0 bridgehead atoms. The number of aromatic nitrogens is 3. The highest BCUT2D eigenvalue weighted by Gasteiger charge is 2.19. The first-order valence-corrected chi connectivity index (χ1v) is 5.92. The number of hydrogen-bond acceptors (Lipinski definition) is 8. The van der Waals surface area contributed by atoms with E-state index in [0.717, 1.165) is 0 Å². The quantitative estimate of drug-likeness (QED) is 0.703. The SMILES string of the molecule is COCCN(c1nc(N)nc(OC)n1)C(C)COC. The average Bonchev–Trinajstić information content (AvgIpc) is 2.39. The maximum absolute atomic E-state index is 5.64. The van der Waals surface area contributed by atoms with Crippen LogP contribution < -0.4 is 15.4 Å². The van der Waals surface area contributed by atoms with E-state index in [-0.39, 0.29) is 18.0 Å². The summed E-state index contributed by atoms with van der Waals surface area (Å²) < 4.78 is 15.2. The molecule has 1 aromatic heterocycles. The molecule has 1 atom stereocenters. The van der Waals surface area contributed by atoms with E-state index in [2.05, 4.69) is 15.0 Å². The molecule has 0 aromatic carbocycles. The van der Waals surface area contributed by atoms with E-state index >= 15 is 0 Å². The van der Waals surface area contributed by atoms with Crippen LogP contribution in [0.3, 0.4) is 0 Å². The largest absolute Gasteiger partial charge is 0.467 e. The van der Waals surface area contributed by atoms with E-state index in [0.29, 0.717) is 25.7 Å². The van der Waals surface area contributed by atoms with Crippen LogP contribution in [0.2, 0.25) is 0 Å². The summed E-state index contributed by atoms with van der Waals surface area (Å²) in [5.74, 6) is 0.569. The summed E-state index contributed by atoms with van der Waals surface area (Å²) in [7, 11) is 4.77. The van der Waals surface area contributed by atoms with Gasteiger partial charge in [0.15, 0.2) is 0 Å². The summed E-state index contributed by atoms with van der Waals surface area (Å²) >= 11 is 0. The number of methoxy groups -OCH3 is 3. The molecule has 2 N–H and O–H groups in total. The van der Waals surface area contributed by atoms with Gasteiger partial charge in [0.05, 0.1) is 26.4 Å². The molecule has 1 aromatic rings. The van der Waals surface area contributed by atoms with E-state index in [9.17, 15) is 0 Å². The van der Waals surface area contributed by atoms with E-state index < -0.39 is 0 Å². The number of nitrogens with zero attached hydrogens (tertiary/aromatic N) is 4. The lowest BCUT2D eigenvalue weighted by molar-refractivity contribution is 0.170. The van der Waals surface area contributed by atoms with Crippen molar-refractivity contribution in [2.45, 2.75) is 13.0 Å². The number of rotatable bonds is 8. The Labute approximate surface area is 112 Å². The second-order valence-corrected chi connectivity index (χ2v) is 3.97. The molecule has 0 amide bonds. The van der Waals surface area contributed by atoms with Gasteiger partial charge >= 0.3 is 6.01 Å². The van der Waals surface area contributed by atoms with E-state index in [4.69, 9.17) is 19.9 Å². The zero-order valence-corrected chi connectivity index (χ0v) is 11.8. The molecule has 0 radical (unpaired) electrons. The lowest BCUT2D eigenvalue weighted by atomic mass is 10.3. The van der Waals surface area contributed by atoms with Crippen LogP contribution in [0.4, 0.5) is 11.9 Å². The minimum atomic E-state index is 0.0756. The number of nitrogens with two attached hydrogens (primary N) is 1. The topological polar surface area (TPSA) is 95.6 Å². The van der Waals surface area contributed by atoms with Crippen LogP contribution in [0, 0.1) is 0 Å². The molecule has 0 spiro atoms. The Morgan fingerprint density at radius 2 is 1.89 bits per heavy atom. The third-order valence-corrected chi connectivity index (χ3v) is 2.54. The number of anilines is 2. The molecular weight excluding hydrogens is 250 g/mol. The van der Waals surface area contributed by atoms with Gasteiger partial charge in [-0.2, -0.15) is 15.0 Å². The Kier molecular flexibility index (Phi) is 6.23. The standard InChI is InChI=1S/C11H21N5O3/c1-8(7-18-3)16(5-6-17-2)10-13-9(12)14-11(15-10)19-4/h8H,5-7H2,1-4H3,(H2,12,13,14,15). The Balaban J connectivity index is 2.97. The Hall–Kier alpha value is -1.67. The number of ether oxygens (including phenoxy) is 3. The summed E-state index contributed by atoms with van der Waals surface area (Å²) in [6, 6.07) is 0.265. The van der Waals surface area contributed by atoms with Crippen molar-refractivity contribution in [1.29, 1.82) is 0 Å². The summed E-state index contributed by atoms with van der Waals surface area (Å²) in [4.78, 5) is 14.1. The smallest absolute Gasteiger partial charge is 0.322 e. The van der Waals surface area contributed by atoms with Crippen molar-refractivity contribution < 1.29 is 14.2 Å². The summed E-state index contributed by atoms with van der Waals surface area (Å²) in [6.45, 7) is 3.71. The van der Waals surface area contributed by atoms with Crippen LogP contribution in [0.15, 0.2) is 0 Å². The molecule has 8 heteroatoms. The third-order valence-electron chi connectivity index (χ3n) is 2.54. The fraction of sp³-hybridized carbons (Fsp3) is 0.727. The van der Waals surface area contributed by atoms with Gasteiger partial charge in [-0.3, -0.25) is 0 Å². The van der Waals surface area contributed by atoms with Crippen molar-refractivity contribution in [2.75, 3.05) is 51.7 Å². The van der Waals surface area contributed by atoms with Gasteiger partial charge in [0, 0.05) is 20.8 Å². The summed E-state index contributed by atoms with van der Waals surface area (Å²) in [5, 5.41) is 0. The summed E-state index contributed by atoms with van der Waals surface area (Å²) in [6.07, 6.45) is 0. The monoisotopic (exact) mass is 271 g/mol. The van der Waals surface area contributed by atoms with Crippen molar-refractivity contribution >= 4 is 11.9 Å². The molecule has 1 rings (SSSR count). The minimum Gasteiger partial charge on any atom is -0.467 e. The predicted molar refractivity (Wildman–Crippen MR) is 71.4 cm³/mol. The van der Waals surface area contributed by atoms with Gasteiger partial charge in [0.2, 0.25) is 11.9 Å². The van der Waals surface area contributed by atoms with Crippen molar-refractivity contribution in [1.82, 2.24) is 15.0 Å². The first-order valence-electron chi connectivity index (χ1n) is 5.92. The van der Waals surface area contributed by atoms with Crippen LogP contribution in [0.5, 0.6) is 6.01 Å². The highest BCUT2D eigenvalue weighted by atomic mass is 16.5. The first-order chi connectivity index (χ1) is 9.12. The Morgan fingerprint density at radius 3 is 2.47 bits per heavy atom. The van der Waals surface area contributed by atoms with E-state index in [1.165, 1.54) is 7.11 Å². The first kappa shape index (κ1) is 15.4. The van der Waals surface area contributed by atoms with Gasteiger partial charge in [0.1, 0.15) is 0 Å². The van der Waals surface area contributed by atoms with Crippen LogP contribution in [-0.2, 0) is 9.47 Å². The molecule has 0 saturated heterocycles. The molecule has 0 saturated carbocycles. The number of hydrogen-bond donors (Lipinski definition) is 1. The highest BCUT2D eigenvalue weighted by molar-refractivity contribution is 5.37. The highest BCUT2D eigenvalue weighted by Crippen LogP contribution is 2.15. The van der Waals surface area contributed by atoms with Crippen molar-refractivity contribution in [3.63, 3.8) is 0 Å². The van der Waals surface area contributed by atoms with Gasteiger partial charge in [0.25, 0.3) is 0 Å². The Morgan fingerprint density at radius 1 is 1.16 bits per heavy atom. The second-order valence-electron chi connectivity index (χ2n) is 3.97. The zero-order valence-electron chi connectivity index (χ0n) is 11.8. The maximum atomic E-state index is 5.64.